The zero-order valence-electron chi connectivity index (χ0n) is 19.9. The summed E-state index contributed by atoms with van der Waals surface area (Å²) in [5.74, 6) is 0.0430. The van der Waals surface area contributed by atoms with E-state index in [9.17, 15) is 5.11 Å². The number of halogens is 3. The fraction of sp³-hybridized carbons (Fsp3) is 0.542. The van der Waals surface area contributed by atoms with Crippen molar-refractivity contribution in [3.63, 3.8) is 0 Å². The van der Waals surface area contributed by atoms with E-state index >= 15 is 4.39 Å². The molecule has 0 radical (unpaired) electrons. The van der Waals surface area contributed by atoms with Crippen molar-refractivity contribution >= 4 is 45.7 Å². The zero-order chi connectivity index (χ0) is 24.9. The lowest BCUT2D eigenvalue weighted by Gasteiger charge is -2.46. The van der Waals surface area contributed by atoms with E-state index in [1.165, 1.54) is 4.68 Å². The number of nitrogens with one attached hydrogen (secondary N) is 1. The van der Waals surface area contributed by atoms with Gasteiger partial charge in [0.1, 0.15) is 6.17 Å². The average molecular weight is 523 g/mol. The van der Waals surface area contributed by atoms with Gasteiger partial charge in [-0.1, -0.05) is 23.2 Å². The Morgan fingerprint density at radius 3 is 2.74 bits per heavy atom. The van der Waals surface area contributed by atoms with E-state index in [4.69, 9.17) is 27.9 Å². The second kappa shape index (κ2) is 9.44. The van der Waals surface area contributed by atoms with Crippen molar-refractivity contribution in [1.82, 2.24) is 24.6 Å². The number of benzene rings is 1. The van der Waals surface area contributed by atoms with Gasteiger partial charge in [-0.3, -0.25) is 4.90 Å². The third-order valence-corrected chi connectivity index (χ3v) is 7.50. The van der Waals surface area contributed by atoms with Crippen LogP contribution in [0.5, 0.6) is 0 Å². The summed E-state index contributed by atoms with van der Waals surface area (Å²) in [6.45, 7) is 7.49. The number of aromatic nitrogens is 4. The minimum absolute atomic E-state index is 0.154. The monoisotopic (exact) mass is 522 g/mol. The molecule has 3 aromatic rings. The highest BCUT2D eigenvalue weighted by molar-refractivity contribution is 6.32. The third-order valence-electron chi connectivity index (χ3n) is 6.77. The lowest BCUT2D eigenvalue weighted by molar-refractivity contribution is -0.134. The van der Waals surface area contributed by atoms with Crippen LogP contribution in [0.1, 0.15) is 38.7 Å². The predicted octanol–water partition coefficient (Wildman–Crippen LogP) is 4.56. The second-order valence-corrected chi connectivity index (χ2v) is 10.8. The Morgan fingerprint density at radius 2 is 2.09 bits per heavy atom. The molecule has 8 nitrogen and oxygen atoms in total. The van der Waals surface area contributed by atoms with Crippen LogP contribution >= 0.6 is 23.2 Å². The molecule has 35 heavy (non-hydrogen) atoms. The Balaban J connectivity index is 1.36. The molecule has 0 bridgehead atoms. The molecule has 4 atom stereocenters. The summed E-state index contributed by atoms with van der Waals surface area (Å²) in [4.78, 5) is 11.2. The van der Waals surface area contributed by atoms with Gasteiger partial charge in [0.25, 0.3) is 0 Å². The van der Waals surface area contributed by atoms with Crippen molar-refractivity contribution in [1.29, 1.82) is 0 Å². The summed E-state index contributed by atoms with van der Waals surface area (Å²) < 4.78 is 22.3. The summed E-state index contributed by atoms with van der Waals surface area (Å²) in [6, 6.07) is 3.96. The molecule has 2 N–H and O–H groups in total. The first-order valence-electron chi connectivity index (χ1n) is 11.8. The van der Waals surface area contributed by atoms with Gasteiger partial charge in [-0.25, -0.2) is 19.0 Å². The summed E-state index contributed by atoms with van der Waals surface area (Å²) in [7, 11) is 0. The summed E-state index contributed by atoms with van der Waals surface area (Å²) in [5, 5.41) is 19.0. The third kappa shape index (κ3) is 5.11. The molecule has 5 rings (SSSR count). The molecule has 4 heterocycles. The second-order valence-electron chi connectivity index (χ2n) is 10.1. The Morgan fingerprint density at radius 1 is 1.29 bits per heavy atom. The van der Waals surface area contributed by atoms with Crippen LogP contribution in [0.15, 0.2) is 24.5 Å². The van der Waals surface area contributed by atoms with E-state index in [0.717, 1.165) is 17.5 Å². The Kier molecular flexibility index (Phi) is 6.65. The fourth-order valence-electron chi connectivity index (χ4n) is 4.82. The van der Waals surface area contributed by atoms with Crippen molar-refractivity contribution in [2.24, 2.45) is 0 Å². The minimum atomic E-state index is -1.02. The van der Waals surface area contributed by atoms with Gasteiger partial charge in [0.15, 0.2) is 5.15 Å². The quantitative estimate of drug-likeness (QED) is 0.490. The molecule has 2 saturated heterocycles. The van der Waals surface area contributed by atoms with Crippen LogP contribution in [0.25, 0.3) is 10.9 Å². The predicted molar refractivity (Wildman–Crippen MR) is 134 cm³/mol. The highest BCUT2D eigenvalue weighted by atomic mass is 35.5. The van der Waals surface area contributed by atoms with Gasteiger partial charge in [0, 0.05) is 29.1 Å². The highest BCUT2D eigenvalue weighted by Crippen LogP contribution is 2.38. The number of rotatable bonds is 6. The molecular formula is C24H29Cl2FN6O2. The van der Waals surface area contributed by atoms with E-state index < -0.39 is 11.8 Å². The molecular weight excluding hydrogens is 494 g/mol. The molecule has 188 valence electrons. The molecule has 2 unspecified atom stereocenters. The van der Waals surface area contributed by atoms with E-state index in [-0.39, 0.29) is 18.6 Å². The largest absolute Gasteiger partial charge is 0.389 e. The summed E-state index contributed by atoms with van der Waals surface area (Å²) in [5.41, 5.74) is 0.994. The zero-order valence-corrected chi connectivity index (χ0v) is 21.4. The molecule has 0 spiro atoms. The Hall–Kier alpha value is -2.04. The lowest BCUT2D eigenvalue weighted by atomic mass is 9.86. The molecule has 11 heteroatoms. The van der Waals surface area contributed by atoms with Crippen LogP contribution in [0.2, 0.25) is 10.2 Å². The van der Waals surface area contributed by atoms with Crippen molar-refractivity contribution < 1.29 is 14.2 Å². The van der Waals surface area contributed by atoms with E-state index in [2.05, 4.69) is 25.3 Å². The molecule has 2 aromatic heterocycles. The minimum Gasteiger partial charge on any atom is -0.389 e. The molecule has 0 aliphatic carbocycles. The first-order chi connectivity index (χ1) is 16.6. The lowest BCUT2D eigenvalue weighted by Crippen LogP contribution is -2.58. The van der Waals surface area contributed by atoms with Gasteiger partial charge < -0.3 is 15.2 Å². The first-order valence-corrected chi connectivity index (χ1v) is 12.5. The molecule has 1 aromatic carbocycles. The number of nitrogens with zero attached hydrogens (tertiary/aromatic N) is 5. The topological polar surface area (TPSA) is 88.3 Å². The van der Waals surface area contributed by atoms with Crippen molar-refractivity contribution in [3.05, 3.63) is 40.3 Å². The number of likely N-dealkylation sites (tertiary alicyclic amines) is 1. The van der Waals surface area contributed by atoms with Gasteiger partial charge in [0.05, 0.1) is 48.3 Å². The van der Waals surface area contributed by atoms with Gasteiger partial charge >= 0.3 is 0 Å². The smallest absolute Gasteiger partial charge is 0.227 e. The van der Waals surface area contributed by atoms with Crippen molar-refractivity contribution in [3.8, 4) is 0 Å². The normalized spacial score (nSPS) is 25.6. The standard InChI is InChI=1S/C24H29Cl2FN6O2/c1-13-21(11-35-13)32-5-4-15(18(27)10-32)16-7-19-14(6-17(16)25)8-28-23(30-19)31-20-9-29-33(22(20)26)12-24(2,3)34/h6-9,13,15,18,21,34H,4-5,10-12H2,1-3H3,(H,28,30,31)/t13?,15-,18+,21?/m0/s1. The Bertz CT molecular complexity index is 1230. The van der Waals surface area contributed by atoms with E-state index in [1.54, 1.807) is 32.3 Å². The highest BCUT2D eigenvalue weighted by Gasteiger charge is 2.40. The fourth-order valence-corrected chi connectivity index (χ4v) is 5.33. The van der Waals surface area contributed by atoms with E-state index in [1.807, 2.05) is 13.0 Å². The number of anilines is 2. The SMILES string of the molecule is CC1OCC1N1CC[C@@H](c2cc3nc(Nc4cnn(CC(C)(C)O)c4Cl)ncc3cc2Cl)[C@H](F)C1. The van der Waals surface area contributed by atoms with Gasteiger partial charge in [-0.2, -0.15) is 5.10 Å². The van der Waals surface area contributed by atoms with Gasteiger partial charge in [0.2, 0.25) is 5.95 Å². The molecule has 2 fully saturated rings. The van der Waals surface area contributed by atoms with E-state index in [0.29, 0.717) is 52.9 Å². The number of alkyl halides is 1. The van der Waals surface area contributed by atoms with Crippen LogP contribution in [0, 0.1) is 0 Å². The number of hydrogen-bond acceptors (Lipinski definition) is 7. The number of aliphatic hydroxyl groups is 1. The molecule has 2 aliphatic heterocycles. The number of ether oxygens (including phenoxy) is 1. The first kappa shape index (κ1) is 24.6. The number of hydrogen-bond donors (Lipinski definition) is 2. The van der Waals surface area contributed by atoms with Crippen molar-refractivity contribution in [2.75, 3.05) is 25.0 Å². The average Bonchev–Trinajstić information content (AvgIpc) is 3.10. The van der Waals surface area contributed by atoms with Crippen LogP contribution < -0.4 is 5.32 Å². The maximum Gasteiger partial charge on any atom is 0.227 e. The Labute approximate surface area is 213 Å². The molecule has 0 amide bonds. The maximum atomic E-state index is 15.3. The van der Waals surface area contributed by atoms with Gasteiger partial charge in [-0.05, 0) is 51.4 Å². The maximum absolute atomic E-state index is 15.3. The van der Waals surface area contributed by atoms with Crippen molar-refractivity contribution in [2.45, 2.75) is 63.6 Å². The molecule has 0 saturated carbocycles. The number of fused-ring (bicyclic) bond motifs is 1. The summed E-state index contributed by atoms with van der Waals surface area (Å²) >= 11 is 13.0. The molecule has 2 aliphatic rings. The van der Waals surface area contributed by atoms with Crippen LogP contribution in [0.4, 0.5) is 16.0 Å². The number of piperidine rings is 1. The summed E-state index contributed by atoms with van der Waals surface area (Å²) in [6.07, 6.45) is 3.04. The van der Waals surface area contributed by atoms with Crippen LogP contribution in [-0.2, 0) is 11.3 Å². The van der Waals surface area contributed by atoms with Gasteiger partial charge in [-0.15, -0.1) is 0 Å². The van der Waals surface area contributed by atoms with Crippen LogP contribution in [-0.4, -0.2) is 73.4 Å². The van der Waals surface area contributed by atoms with Crippen LogP contribution in [0.3, 0.4) is 0 Å².